The summed E-state index contributed by atoms with van der Waals surface area (Å²) >= 11 is 0. The summed E-state index contributed by atoms with van der Waals surface area (Å²) in [6.45, 7) is 5.65. The molecule has 11 heteroatoms. The van der Waals surface area contributed by atoms with Gasteiger partial charge in [0.05, 0.1) is 17.5 Å². The van der Waals surface area contributed by atoms with Crippen molar-refractivity contribution in [2.45, 2.75) is 57.2 Å². The number of pyridine rings is 1. The molecule has 2 aromatic carbocycles. The molecule has 0 amide bonds. The fraction of sp³-hybridized carbons (Fsp3) is 0.500. The van der Waals surface area contributed by atoms with Gasteiger partial charge in [-0.2, -0.15) is 9.97 Å². The van der Waals surface area contributed by atoms with Crippen molar-refractivity contribution in [3.8, 4) is 23.0 Å². The number of ether oxygens (including phenoxy) is 2. The molecule has 1 saturated carbocycles. The van der Waals surface area contributed by atoms with Crippen molar-refractivity contribution in [1.82, 2.24) is 19.9 Å². The van der Waals surface area contributed by atoms with Gasteiger partial charge in [0.1, 0.15) is 41.4 Å². The molecule has 4 aromatic rings. The van der Waals surface area contributed by atoms with Crippen LogP contribution in [0, 0.1) is 17.0 Å². The molecule has 3 aliphatic heterocycles. The molecule has 0 radical (unpaired) electrons. The molecular weight excluding hydrogens is 583 g/mol. The molecule has 8 rings (SSSR count). The smallest absolute Gasteiger partial charge is 0.319 e. The number of aryl methyl sites for hydroxylation is 1. The summed E-state index contributed by atoms with van der Waals surface area (Å²) in [4.78, 5) is 18.2. The molecule has 45 heavy (non-hydrogen) atoms. The largest absolute Gasteiger partial charge is 0.508 e. The normalized spacial score (nSPS) is 24.4. The van der Waals surface area contributed by atoms with Gasteiger partial charge >= 0.3 is 6.01 Å². The van der Waals surface area contributed by atoms with Crippen molar-refractivity contribution in [1.29, 1.82) is 0 Å². The second-order valence-corrected chi connectivity index (χ2v) is 13.3. The van der Waals surface area contributed by atoms with E-state index in [9.17, 15) is 13.9 Å². The maximum atomic E-state index is 16.8. The number of nitrogens with zero attached hydrogens (tertiary/aromatic N) is 5. The van der Waals surface area contributed by atoms with Gasteiger partial charge in [0.2, 0.25) is 0 Å². The number of anilines is 1. The van der Waals surface area contributed by atoms with Crippen LogP contribution < -0.4 is 9.64 Å². The first kappa shape index (κ1) is 28.8. The van der Waals surface area contributed by atoms with E-state index in [-0.39, 0.29) is 40.6 Å². The molecule has 4 aliphatic rings. The van der Waals surface area contributed by atoms with E-state index in [1.165, 1.54) is 24.4 Å². The van der Waals surface area contributed by atoms with Crippen LogP contribution in [-0.2, 0) is 11.2 Å². The van der Waals surface area contributed by atoms with Crippen molar-refractivity contribution in [2.75, 3.05) is 50.9 Å². The van der Waals surface area contributed by atoms with Gasteiger partial charge in [-0.05, 0) is 72.1 Å². The molecular formula is C34H36F3N5O3. The number of aromatic nitrogens is 3. The van der Waals surface area contributed by atoms with Crippen LogP contribution in [0.1, 0.15) is 44.6 Å². The third-order valence-electron chi connectivity index (χ3n) is 10.3. The van der Waals surface area contributed by atoms with Crippen molar-refractivity contribution < 1.29 is 27.8 Å². The Bertz CT molecular complexity index is 1810. The number of rotatable bonds is 6. The summed E-state index contributed by atoms with van der Waals surface area (Å²) < 4.78 is 58.4. The summed E-state index contributed by atoms with van der Waals surface area (Å²) in [5, 5.41) is 12.1. The maximum Gasteiger partial charge on any atom is 0.319 e. The zero-order valence-electron chi connectivity index (χ0n) is 25.3. The Morgan fingerprint density at radius 1 is 1.13 bits per heavy atom. The molecule has 1 N–H and O–H groups in total. The number of hydrogen-bond acceptors (Lipinski definition) is 8. The zero-order valence-corrected chi connectivity index (χ0v) is 25.3. The lowest BCUT2D eigenvalue weighted by Gasteiger charge is -2.31. The van der Waals surface area contributed by atoms with Gasteiger partial charge in [0, 0.05) is 51.0 Å². The zero-order chi connectivity index (χ0) is 30.9. The Kier molecular flexibility index (Phi) is 6.83. The Hall–Kier alpha value is -3.70. The molecule has 236 valence electrons. The predicted octanol–water partition coefficient (Wildman–Crippen LogP) is 5.96. The predicted molar refractivity (Wildman–Crippen MR) is 164 cm³/mol. The Morgan fingerprint density at radius 2 is 2.00 bits per heavy atom. The first-order valence-corrected chi connectivity index (χ1v) is 15.9. The van der Waals surface area contributed by atoms with Crippen molar-refractivity contribution >= 4 is 27.5 Å². The van der Waals surface area contributed by atoms with Crippen LogP contribution >= 0.6 is 0 Å². The monoisotopic (exact) mass is 619 g/mol. The third kappa shape index (κ3) is 4.86. The maximum absolute atomic E-state index is 16.8. The number of fused-ring (bicyclic) bond motifs is 3. The number of benzene rings is 2. The average molecular weight is 620 g/mol. The van der Waals surface area contributed by atoms with E-state index in [0.717, 1.165) is 32.2 Å². The van der Waals surface area contributed by atoms with Gasteiger partial charge in [-0.3, -0.25) is 9.88 Å². The van der Waals surface area contributed by atoms with Gasteiger partial charge < -0.3 is 19.5 Å². The van der Waals surface area contributed by atoms with Crippen LogP contribution in [0.5, 0.6) is 11.8 Å². The summed E-state index contributed by atoms with van der Waals surface area (Å²) in [5.41, 5.74) is 0.502. The van der Waals surface area contributed by atoms with Crippen LogP contribution in [0.4, 0.5) is 19.0 Å². The van der Waals surface area contributed by atoms with Gasteiger partial charge in [0.25, 0.3) is 0 Å². The Labute approximate surface area is 259 Å². The fourth-order valence-electron chi connectivity index (χ4n) is 8.03. The summed E-state index contributed by atoms with van der Waals surface area (Å²) in [6, 6.07) is 5.90. The van der Waals surface area contributed by atoms with Crippen LogP contribution in [0.2, 0.25) is 0 Å². The summed E-state index contributed by atoms with van der Waals surface area (Å²) in [7, 11) is 0. The van der Waals surface area contributed by atoms with E-state index in [1.807, 2.05) is 11.8 Å². The van der Waals surface area contributed by atoms with Gasteiger partial charge in [0.15, 0.2) is 5.82 Å². The van der Waals surface area contributed by atoms with Crippen molar-refractivity contribution in [3.05, 3.63) is 47.7 Å². The molecule has 2 unspecified atom stereocenters. The van der Waals surface area contributed by atoms with Crippen LogP contribution in [0.15, 0.2) is 30.5 Å². The van der Waals surface area contributed by atoms with E-state index in [1.54, 1.807) is 6.07 Å². The number of halogens is 3. The molecule has 0 bridgehead atoms. The first-order chi connectivity index (χ1) is 21.8. The fourth-order valence-corrected chi connectivity index (χ4v) is 8.03. The highest BCUT2D eigenvalue weighted by atomic mass is 19.1. The van der Waals surface area contributed by atoms with Crippen molar-refractivity contribution in [2.24, 2.45) is 5.41 Å². The van der Waals surface area contributed by atoms with Crippen LogP contribution in [0.3, 0.4) is 0 Å². The minimum atomic E-state index is -0.907. The van der Waals surface area contributed by atoms with Crippen LogP contribution in [0.25, 0.3) is 32.9 Å². The Balaban J connectivity index is 1.25. The highest BCUT2D eigenvalue weighted by Gasteiger charge is 2.62. The number of phenols is 1. The van der Waals surface area contributed by atoms with Crippen LogP contribution in [-0.4, -0.2) is 82.7 Å². The molecule has 2 aromatic heterocycles. The molecule has 1 aliphatic carbocycles. The van der Waals surface area contributed by atoms with Gasteiger partial charge in [-0.25, -0.2) is 13.2 Å². The second kappa shape index (κ2) is 10.7. The van der Waals surface area contributed by atoms with Gasteiger partial charge in [-0.15, -0.1) is 0 Å². The van der Waals surface area contributed by atoms with Gasteiger partial charge in [-0.1, -0.05) is 13.0 Å². The SMILES string of the molecule is CCc1c(F)ccc2cc(O)cc(-c3ncc4c(N5CCCOCC5)nc(OCC56CC(F)CN5CC5(CC5)C6)nc4c3F)c12. The lowest BCUT2D eigenvalue weighted by Crippen LogP contribution is -2.43. The summed E-state index contributed by atoms with van der Waals surface area (Å²) in [5.74, 6) is -0.708. The quantitative estimate of drug-likeness (QED) is 0.283. The van der Waals surface area contributed by atoms with E-state index in [4.69, 9.17) is 14.5 Å². The number of alkyl halides is 1. The first-order valence-electron chi connectivity index (χ1n) is 15.9. The third-order valence-corrected chi connectivity index (χ3v) is 10.3. The lowest BCUT2D eigenvalue weighted by molar-refractivity contribution is 0.107. The number of phenolic OH excluding ortho intramolecular Hbond substituents is 1. The van der Waals surface area contributed by atoms with Crippen molar-refractivity contribution in [3.63, 3.8) is 0 Å². The standard InChI is InChI=1S/C34H36F3N5O3/c1-2-23-26(36)5-4-20-12-22(43)13-24(27(20)23)29-28(37)30-25(15-38-29)31(41-8-3-10-44-11-9-41)40-32(39-30)45-19-34-14-21(35)16-42(34)18-33(17-34)6-7-33/h4-5,12-13,15,21,43H,2-3,6-11,14,16-19H2,1H3. The number of aromatic hydroxyl groups is 1. The molecule has 4 fully saturated rings. The minimum Gasteiger partial charge on any atom is -0.508 e. The Morgan fingerprint density at radius 3 is 2.82 bits per heavy atom. The molecule has 1 spiro atoms. The molecule has 5 heterocycles. The van der Waals surface area contributed by atoms with E-state index in [0.29, 0.717) is 73.2 Å². The molecule has 2 atom stereocenters. The summed E-state index contributed by atoms with van der Waals surface area (Å²) in [6.07, 6.45) is 5.38. The topological polar surface area (TPSA) is 83.8 Å². The molecule has 3 saturated heterocycles. The minimum absolute atomic E-state index is 0.0188. The molecule has 8 nitrogen and oxygen atoms in total. The average Bonchev–Trinajstić information content (AvgIpc) is 3.70. The van der Waals surface area contributed by atoms with E-state index in [2.05, 4.69) is 14.9 Å². The highest BCUT2D eigenvalue weighted by molar-refractivity contribution is 6.01. The van der Waals surface area contributed by atoms with E-state index < -0.39 is 23.3 Å². The second-order valence-electron chi connectivity index (χ2n) is 13.3. The lowest BCUT2D eigenvalue weighted by atomic mass is 9.89. The number of hydrogen-bond donors (Lipinski definition) is 1. The van der Waals surface area contributed by atoms with E-state index >= 15 is 4.39 Å². The highest BCUT2D eigenvalue weighted by Crippen LogP contribution is 2.60.